The number of aliphatic imine (C=N–C) groups is 1. The standard InChI is InChI=1S/C21H32N8OS.HI/c1-17-24-25-19(26(17)2)15-23-21(22-14-18-6-5-13-31-18)29-11-9-27(10-12-29)16-20(30)28-7-3-4-8-28;/h5-6,13H,3-4,7-12,14-16H2,1-2H3,(H,22,23);1H. The molecule has 176 valence electrons. The van der Waals surface area contributed by atoms with Crippen LogP contribution in [0.15, 0.2) is 22.5 Å². The molecule has 0 aliphatic carbocycles. The number of aromatic nitrogens is 3. The summed E-state index contributed by atoms with van der Waals surface area (Å²) in [6, 6.07) is 4.19. The van der Waals surface area contributed by atoms with Crippen molar-refractivity contribution in [3.8, 4) is 0 Å². The second-order valence-corrected chi connectivity index (χ2v) is 9.18. The van der Waals surface area contributed by atoms with Gasteiger partial charge in [-0.1, -0.05) is 6.07 Å². The van der Waals surface area contributed by atoms with E-state index < -0.39 is 0 Å². The van der Waals surface area contributed by atoms with Crippen LogP contribution in [-0.2, 0) is 24.9 Å². The number of nitrogens with zero attached hydrogens (tertiary/aromatic N) is 7. The van der Waals surface area contributed by atoms with Gasteiger partial charge >= 0.3 is 0 Å². The van der Waals surface area contributed by atoms with Crippen LogP contribution in [0, 0.1) is 6.92 Å². The first kappa shape index (κ1) is 24.9. The number of likely N-dealkylation sites (tertiary alicyclic amines) is 1. The Morgan fingerprint density at radius 1 is 1.12 bits per heavy atom. The van der Waals surface area contributed by atoms with E-state index in [2.05, 4.69) is 42.8 Å². The van der Waals surface area contributed by atoms with Crippen LogP contribution >= 0.6 is 35.3 Å². The van der Waals surface area contributed by atoms with Crippen molar-refractivity contribution >= 4 is 47.2 Å². The van der Waals surface area contributed by atoms with Gasteiger partial charge in [-0.3, -0.25) is 9.69 Å². The maximum absolute atomic E-state index is 12.5. The molecule has 2 aliphatic rings. The molecule has 0 atom stereocenters. The second-order valence-electron chi connectivity index (χ2n) is 8.15. The Labute approximate surface area is 210 Å². The van der Waals surface area contributed by atoms with Gasteiger partial charge in [-0.15, -0.1) is 45.5 Å². The monoisotopic (exact) mass is 572 g/mol. The lowest BCUT2D eigenvalue weighted by molar-refractivity contribution is -0.131. The van der Waals surface area contributed by atoms with Gasteiger partial charge in [0.25, 0.3) is 0 Å². The number of aryl methyl sites for hydroxylation is 1. The summed E-state index contributed by atoms with van der Waals surface area (Å²) in [5, 5.41) is 14.0. The molecule has 2 aliphatic heterocycles. The molecule has 4 rings (SSSR count). The summed E-state index contributed by atoms with van der Waals surface area (Å²) in [4.78, 5) is 25.2. The maximum atomic E-state index is 12.5. The fourth-order valence-electron chi connectivity index (χ4n) is 3.96. The Morgan fingerprint density at radius 3 is 2.50 bits per heavy atom. The molecule has 2 saturated heterocycles. The predicted octanol–water partition coefficient (Wildman–Crippen LogP) is 1.69. The van der Waals surface area contributed by atoms with Crippen molar-refractivity contribution < 1.29 is 4.79 Å². The summed E-state index contributed by atoms with van der Waals surface area (Å²) in [6.07, 6.45) is 2.28. The van der Waals surface area contributed by atoms with Gasteiger partial charge in [0.1, 0.15) is 12.4 Å². The van der Waals surface area contributed by atoms with E-state index in [1.54, 1.807) is 11.3 Å². The van der Waals surface area contributed by atoms with Crippen molar-refractivity contribution in [2.45, 2.75) is 32.9 Å². The minimum atomic E-state index is 0. The third-order valence-electron chi connectivity index (χ3n) is 6.04. The first-order chi connectivity index (χ1) is 15.1. The SMILES string of the molecule is Cc1nnc(CN=C(NCc2cccs2)N2CCN(CC(=O)N3CCCC3)CC2)n1C.I. The number of guanidine groups is 1. The number of carbonyl (C=O) groups is 1. The minimum Gasteiger partial charge on any atom is -0.351 e. The van der Waals surface area contributed by atoms with Gasteiger partial charge in [0, 0.05) is 51.2 Å². The number of nitrogens with one attached hydrogen (secondary N) is 1. The summed E-state index contributed by atoms with van der Waals surface area (Å²) >= 11 is 1.74. The first-order valence-corrected chi connectivity index (χ1v) is 11.9. The normalized spacial score (nSPS) is 17.5. The van der Waals surface area contributed by atoms with Crippen LogP contribution in [-0.4, -0.2) is 87.1 Å². The van der Waals surface area contributed by atoms with Crippen LogP contribution in [0.4, 0.5) is 0 Å². The highest BCUT2D eigenvalue weighted by Crippen LogP contribution is 2.11. The summed E-state index contributed by atoms with van der Waals surface area (Å²) < 4.78 is 1.97. The highest BCUT2D eigenvalue weighted by Gasteiger charge is 2.24. The Hall–Kier alpha value is -1.73. The lowest BCUT2D eigenvalue weighted by atomic mass is 10.3. The van der Waals surface area contributed by atoms with Gasteiger partial charge in [-0.05, 0) is 31.2 Å². The van der Waals surface area contributed by atoms with Crippen LogP contribution in [0.25, 0.3) is 0 Å². The molecule has 0 bridgehead atoms. The number of thiophene rings is 1. The van der Waals surface area contributed by atoms with Crippen LogP contribution in [0.1, 0.15) is 29.4 Å². The van der Waals surface area contributed by atoms with Crippen molar-refractivity contribution in [2.75, 3.05) is 45.8 Å². The van der Waals surface area contributed by atoms with Crippen molar-refractivity contribution in [3.63, 3.8) is 0 Å². The quantitative estimate of drug-likeness (QED) is 0.323. The Morgan fingerprint density at radius 2 is 1.88 bits per heavy atom. The molecule has 1 amide bonds. The molecule has 11 heteroatoms. The predicted molar refractivity (Wildman–Crippen MR) is 137 cm³/mol. The molecule has 0 spiro atoms. The lowest BCUT2D eigenvalue weighted by Crippen LogP contribution is -2.54. The van der Waals surface area contributed by atoms with Crippen molar-refractivity contribution in [1.82, 2.24) is 34.8 Å². The highest BCUT2D eigenvalue weighted by atomic mass is 127. The van der Waals surface area contributed by atoms with Crippen molar-refractivity contribution in [2.24, 2.45) is 12.0 Å². The van der Waals surface area contributed by atoms with Gasteiger partial charge in [-0.25, -0.2) is 4.99 Å². The van der Waals surface area contributed by atoms with E-state index in [4.69, 9.17) is 4.99 Å². The van der Waals surface area contributed by atoms with Gasteiger partial charge in [0.05, 0.1) is 13.1 Å². The van der Waals surface area contributed by atoms with Crippen LogP contribution in [0.3, 0.4) is 0 Å². The molecule has 9 nitrogen and oxygen atoms in total. The summed E-state index contributed by atoms with van der Waals surface area (Å²) in [6.45, 7) is 8.97. The van der Waals surface area contributed by atoms with E-state index in [9.17, 15) is 4.79 Å². The summed E-state index contributed by atoms with van der Waals surface area (Å²) in [5.41, 5.74) is 0. The van der Waals surface area contributed by atoms with Crippen molar-refractivity contribution in [1.29, 1.82) is 0 Å². The fraction of sp³-hybridized carbons (Fsp3) is 0.619. The second kappa shape index (κ2) is 11.9. The molecular formula is C21H33IN8OS. The van der Waals surface area contributed by atoms with Gasteiger partial charge < -0.3 is 19.7 Å². The van der Waals surface area contributed by atoms with Crippen molar-refractivity contribution in [3.05, 3.63) is 34.0 Å². The molecule has 32 heavy (non-hydrogen) atoms. The molecule has 2 fully saturated rings. The van der Waals surface area contributed by atoms with Gasteiger partial charge in [0.2, 0.25) is 5.91 Å². The van der Waals surface area contributed by atoms with E-state index in [-0.39, 0.29) is 29.9 Å². The third kappa shape index (κ3) is 6.41. The first-order valence-electron chi connectivity index (χ1n) is 11.0. The number of hydrogen-bond donors (Lipinski definition) is 1. The van der Waals surface area contributed by atoms with Gasteiger partial charge in [-0.2, -0.15) is 0 Å². The Kier molecular flexibility index (Phi) is 9.29. The zero-order chi connectivity index (χ0) is 21.6. The number of rotatable bonds is 6. The fourth-order valence-corrected chi connectivity index (χ4v) is 4.60. The van der Waals surface area contributed by atoms with Gasteiger partial charge in [0.15, 0.2) is 11.8 Å². The molecule has 0 saturated carbocycles. The molecule has 0 unspecified atom stereocenters. The zero-order valence-corrected chi connectivity index (χ0v) is 22.0. The largest absolute Gasteiger partial charge is 0.351 e. The average Bonchev–Trinajstić information content (AvgIpc) is 3.54. The molecule has 2 aromatic rings. The van der Waals surface area contributed by atoms with Crippen LogP contribution in [0.2, 0.25) is 0 Å². The molecular weight excluding hydrogens is 539 g/mol. The molecule has 1 N–H and O–H groups in total. The number of carbonyl (C=O) groups excluding carboxylic acids is 1. The Balaban J connectivity index is 0.00000289. The molecule has 0 aromatic carbocycles. The van der Waals surface area contributed by atoms with E-state index in [1.165, 1.54) is 4.88 Å². The Bertz CT molecular complexity index is 886. The third-order valence-corrected chi connectivity index (χ3v) is 6.92. The minimum absolute atomic E-state index is 0. The van der Waals surface area contributed by atoms with E-state index in [1.807, 2.05) is 23.4 Å². The van der Waals surface area contributed by atoms with Crippen LogP contribution in [0.5, 0.6) is 0 Å². The maximum Gasteiger partial charge on any atom is 0.236 e. The molecule has 4 heterocycles. The summed E-state index contributed by atoms with van der Waals surface area (Å²) in [5.74, 6) is 2.89. The zero-order valence-electron chi connectivity index (χ0n) is 18.9. The van der Waals surface area contributed by atoms with E-state index >= 15 is 0 Å². The molecule has 2 aromatic heterocycles. The smallest absolute Gasteiger partial charge is 0.236 e. The average molecular weight is 573 g/mol. The van der Waals surface area contributed by atoms with Crippen LogP contribution < -0.4 is 5.32 Å². The molecule has 0 radical (unpaired) electrons. The summed E-state index contributed by atoms with van der Waals surface area (Å²) in [7, 11) is 1.97. The number of hydrogen-bond acceptors (Lipinski definition) is 6. The topological polar surface area (TPSA) is 81.9 Å². The van der Waals surface area contributed by atoms with E-state index in [0.717, 1.165) is 76.3 Å². The lowest BCUT2D eigenvalue weighted by Gasteiger charge is -2.36. The number of amides is 1. The highest BCUT2D eigenvalue weighted by molar-refractivity contribution is 14.0. The van der Waals surface area contributed by atoms with E-state index in [0.29, 0.717) is 13.1 Å². The number of halogens is 1. The number of piperazine rings is 1.